The standard InChI is InChI=1S/C13H27N3S/c1-5-14-13(15-10-12(3)17-4)16-8-6-11(2)7-9-16/h11-12H,5-10H2,1-4H3,(H,14,15). The van der Waals surface area contributed by atoms with E-state index >= 15 is 0 Å². The molecule has 0 aromatic rings. The lowest BCUT2D eigenvalue weighted by Crippen LogP contribution is -2.45. The number of thioether (sulfide) groups is 1. The van der Waals surface area contributed by atoms with Crippen molar-refractivity contribution >= 4 is 17.7 Å². The van der Waals surface area contributed by atoms with E-state index in [9.17, 15) is 0 Å². The number of hydrogen-bond donors (Lipinski definition) is 1. The quantitative estimate of drug-likeness (QED) is 0.619. The monoisotopic (exact) mass is 257 g/mol. The molecule has 1 unspecified atom stereocenters. The van der Waals surface area contributed by atoms with E-state index in [1.807, 2.05) is 11.8 Å². The first-order chi connectivity index (χ1) is 8.17. The summed E-state index contributed by atoms with van der Waals surface area (Å²) in [5.41, 5.74) is 0. The number of nitrogens with zero attached hydrogens (tertiary/aromatic N) is 2. The average molecular weight is 257 g/mol. The van der Waals surface area contributed by atoms with Crippen LogP contribution in [-0.2, 0) is 0 Å². The smallest absolute Gasteiger partial charge is 0.193 e. The van der Waals surface area contributed by atoms with Crippen molar-refractivity contribution in [1.82, 2.24) is 10.2 Å². The average Bonchev–Trinajstić information content (AvgIpc) is 2.35. The highest BCUT2D eigenvalue weighted by molar-refractivity contribution is 7.99. The van der Waals surface area contributed by atoms with E-state index in [0.717, 1.165) is 38.1 Å². The molecule has 0 aliphatic carbocycles. The predicted octanol–water partition coefficient (Wildman–Crippen LogP) is 2.44. The molecule has 0 amide bonds. The van der Waals surface area contributed by atoms with E-state index in [-0.39, 0.29) is 0 Å². The lowest BCUT2D eigenvalue weighted by molar-refractivity contribution is 0.273. The zero-order valence-electron chi connectivity index (χ0n) is 11.7. The summed E-state index contributed by atoms with van der Waals surface area (Å²) >= 11 is 1.88. The SMILES string of the molecule is CCNC(=NCC(C)SC)N1CCC(C)CC1. The first-order valence-corrected chi connectivity index (χ1v) is 8.02. The first kappa shape index (κ1) is 14.7. The Morgan fingerprint density at radius 2 is 2.12 bits per heavy atom. The van der Waals surface area contributed by atoms with Gasteiger partial charge in [-0.15, -0.1) is 0 Å². The number of piperidine rings is 1. The molecule has 0 aromatic carbocycles. The molecular formula is C13H27N3S. The third-order valence-corrected chi connectivity index (χ3v) is 4.27. The zero-order chi connectivity index (χ0) is 12.7. The van der Waals surface area contributed by atoms with E-state index in [4.69, 9.17) is 4.99 Å². The molecule has 0 aromatic heterocycles. The molecule has 1 aliphatic rings. The zero-order valence-corrected chi connectivity index (χ0v) is 12.5. The Balaban J connectivity index is 2.52. The summed E-state index contributed by atoms with van der Waals surface area (Å²) in [6.07, 6.45) is 4.74. The van der Waals surface area contributed by atoms with E-state index in [1.165, 1.54) is 12.8 Å². The molecule has 1 rings (SSSR count). The van der Waals surface area contributed by atoms with Gasteiger partial charge in [-0.3, -0.25) is 4.99 Å². The topological polar surface area (TPSA) is 27.6 Å². The van der Waals surface area contributed by atoms with Crippen LogP contribution in [0.3, 0.4) is 0 Å². The van der Waals surface area contributed by atoms with Crippen molar-refractivity contribution in [2.75, 3.05) is 32.4 Å². The summed E-state index contributed by atoms with van der Waals surface area (Å²) < 4.78 is 0. The third-order valence-electron chi connectivity index (χ3n) is 3.32. The summed E-state index contributed by atoms with van der Waals surface area (Å²) in [5, 5.41) is 4.02. The maximum absolute atomic E-state index is 4.74. The van der Waals surface area contributed by atoms with Crippen molar-refractivity contribution in [3.63, 3.8) is 0 Å². The van der Waals surface area contributed by atoms with Gasteiger partial charge in [-0.25, -0.2) is 0 Å². The summed E-state index contributed by atoms with van der Waals surface area (Å²) in [6, 6.07) is 0. The number of likely N-dealkylation sites (tertiary alicyclic amines) is 1. The molecule has 4 heteroatoms. The Kier molecular flexibility index (Phi) is 6.78. The van der Waals surface area contributed by atoms with Crippen LogP contribution >= 0.6 is 11.8 Å². The molecule has 1 aliphatic heterocycles. The van der Waals surface area contributed by atoms with Crippen LogP contribution in [0.15, 0.2) is 4.99 Å². The molecule has 0 saturated carbocycles. The highest BCUT2D eigenvalue weighted by Crippen LogP contribution is 2.16. The van der Waals surface area contributed by atoms with Gasteiger partial charge in [-0.1, -0.05) is 13.8 Å². The molecule has 0 bridgehead atoms. The Labute approximate surface area is 110 Å². The molecule has 1 atom stereocenters. The van der Waals surface area contributed by atoms with Crippen LogP contribution < -0.4 is 5.32 Å². The van der Waals surface area contributed by atoms with Gasteiger partial charge in [0.1, 0.15) is 0 Å². The summed E-state index contributed by atoms with van der Waals surface area (Å²) in [5.74, 6) is 1.99. The second-order valence-electron chi connectivity index (χ2n) is 4.91. The predicted molar refractivity (Wildman–Crippen MR) is 78.9 cm³/mol. The molecule has 1 heterocycles. The molecule has 0 spiro atoms. The highest BCUT2D eigenvalue weighted by Gasteiger charge is 2.18. The van der Waals surface area contributed by atoms with Crippen LogP contribution in [0, 0.1) is 5.92 Å². The second kappa shape index (κ2) is 7.85. The molecule has 0 radical (unpaired) electrons. The molecule has 17 heavy (non-hydrogen) atoms. The van der Waals surface area contributed by atoms with E-state index in [1.54, 1.807) is 0 Å². The first-order valence-electron chi connectivity index (χ1n) is 6.73. The van der Waals surface area contributed by atoms with Crippen molar-refractivity contribution in [3.8, 4) is 0 Å². The van der Waals surface area contributed by atoms with Crippen molar-refractivity contribution in [2.45, 2.75) is 38.9 Å². The fraction of sp³-hybridized carbons (Fsp3) is 0.923. The minimum absolute atomic E-state index is 0.604. The van der Waals surface area contributed by atoms with Crippen LogP contribution in [0.5, 0.6) is 0 Å². The molecule has 1 fully saturated rings. The van der Waals surface area contributed by atoms with Gasteiger partial charge in [-0.05, 0) is 31.9 Å². The van der Waals surface area contributed by atoms with Crippen molar-refractivity contribution in [3.05, 3.63) is 0 Å². The van der Waals surface area contributed by atoms with Crippen molar-refractivity contribution in [2.24, 2.45) is 10.9 Å². The summed E-state index contributed by atoms with van der Waals surface area (Å²) in [7, 11) is 0. The van der Waals surface area contributed by atoms with Crippen LogP contribution in [0.1, 0.15) is 33.6 Å². The third kappa shape index (κ3) is 5.19. The molecule has 3 nitrogen and oxygen atoms in total. The van der Waals surface area contributed by atoms with Gasteiger partial charge in [0, 0.05) is 24.9 Å². The van der Waals surface area contributed by atoms with Gasteiger partial charge in [0.25, 0.3) is 0 Å². The summed E-state index contributed by atoms with van der Waals surface area (Å²) in [6.45, 7) is 10.9. The fourth-order valence-corrected chi connectivity index (χ4v) is 2.16. The number of guanidine groups is 1. The van der Waals surface area contributed by atoms with Gasteiger partial charge in [-0.2, -0.15) is 11.8 Å². The highest BCUT2D eigenvalue weighted by atomic mass is 32.2. The number of hydrogen-bond acceptors (Lipinski definition) is 2. The lowest BCUT2D eigenvalue weighted by atomic mass is 10.00. The summed E-state index contributed by atoms with van der Waals surface area (Å²) in [4.78, 5) is 7.16. The Morgan fingerprint density at radius 1 is 1.47 bits per heavy atom. The maximum atomic E-state index is 4.74. The van der Waals surface area contributed by atoms with Gasteiger partial charge < -0.3 is 10.2 Å². The van der Waals surface area contributed by atoms with Gasteiger partial charge in [0.05, 0.1) is 6.54 Å². The molecule has 100 valence electrons. The molecule has 1 N–H and O–H groups in total. The maximum Gasteiger partial charge on any atom is 0.193 e. The fourth-order valence-electron chi connectivity index (χ4n) is 1.94. The van der Waals surface area contributed by atoms with Crippen LogP contribution in [0.25, 0.3) is 0 Å². The number of nitrogens with one attached hydrogen (secondary N) is 1. The Bertz CT molecular complexity index is 235. The normalized spacial score (nSPS) is 20.5. The number of aliphatic imine (C=N–C) groups is 1. The molecular weight excluding hydrogens is 230 g/mol. The Hall–Kier alpha value is -0.380. The number of rotatable bonds is 4. The minimum Gasteiger partial charge on any atom is -0.357 e. The Morgan fingerprint density at radius 3 is 2.65 bits per heavy atom. The van der Waals surface area contributed by atoms with E-state index in [0.29, 0.717) is 5.25 Å². The van der Waals surface area contributed by atoms with Crippen molar-refractivity contribution < 1.29 is 0 Å². The van der Waals surface area contributed by atoms with Gasteiger partial charge in [0.15, 0.2) is 5.96 Å². The van der Waals surface area contributed by atoms with Gasteiger partial charge >= 0.3 is 0 Å². The second-order valence-corrected chi connectivity index (χ2v) is 6.19. The molecule has 1 saturated heterocycles. The largest absolute Gasteiger partial charge is 0.357 e. The van der Waals surface area contributed by atoms with E-state index < -0.39 is 0 Å². The van der Waals surface area contributed by atoms with Crippen LogP contribution in [0.2, 0.25) is 0 Å². The minimum atomic E-state index is 0.604. The van der Waals surface area contributed by atoms with Crippen LogP contribution in [0.4, 0.5) is 0 Å². The van der Waals surface area contributed by atoms with Crippen molar-refractivity contribution in [1.29, 1.82) is 0 Å². The van der Waals surface area contributed by atoms with Gasteiger partial charge in [0.2, 0.25) is 0 Å². The van der Waals surface area contributed by atoms with Crippen LogP contribution in [-0.4, -0.2) is 48.5 Å². The van der Waals surface area contributed by atoms with E-state index in [2.05, 4.69) is 37.2 Å². The lowest BCUT2D eigenvalue weighted by Gasteiger charge is -2.33.